The van der Waals surface area contributed by atoms with Crippen molar-refractivity contribution < 1.29 is 22.6 Å². The predicted molar refractivity (Wildman–Crippen MR) is 85.1 cm³/mol. The zero-order chi connectivity index (χ0) is 16.0. The van der Waals surface area contributed by atoms with Crippen molar-refractivity contribution in [1.29, 1.82) is 0 Å². The highest BCUT2D eigenvalue weighted by Crippen LogP contribution is 2.08. The number of aryl methyl sites for hydroxylation is 1. The van der Waals surface area contributed by atoms with Crippen LogP contribution in [0.5, 0.6) is 0 Å². The lowest BCUT2D eigenvalue weighted by Crippen LogP contribution is -2.14. The Balaban J connectivity index is 1.93. The van der Waals surface area contributed by atoms with Gasteiger partial charge in [0.15, 0.2) is 11.1 Å². The van der Waals surface area contributed by atoms with E-state index in [1.165, 1.54) is 0 Å². The molecule has 0 fully saturated rings. The summed E-state index contributed by atoms with van der Waals surface area (Å²) >= 11 is -1.44. The molecule has 1 atom stereocenters. The SMILES string of the molecule is Cc1ccc(S(=O)OCCOCCOCCOCCN)cc1. The molecule has 0 aromatic heterocycles. The second kappa shape index (κ2) is 12.7. The molecule has 0 amide bonds. The Kier molecular flexibility index (Phi) is 11.1. The molecule has 0 saturated carbocycles. The van der Waals surface area contributed by atoms with E-state index < -0.39 is 11.1 Å². The van der Waals surface area contributed by atoms with Crippen LogP contribution in [0.4, 0.5) is 0 Å². The Morgan fingerprint density at radius 1 is 0.864 bits per heavy atom. The monoisotopic (exact) mass is 331 g/mol. The van der Waals surface area contributed by atoms with Gasteiger partial charge in [-0.1, -0.05) is 17.7 Å². The zero-order valence-electron chi connectivity index (χ0n) is 13.0. The van der Waals surface area contributed by atoms with E-state index in [9.17, 15) is 4.21 Å². The van der Waals surface area contributed by atoms with Gasteiger partial charge in [0.1, 0.15) is 0 Å². The molecular weight excluding hydrogens is 306 g/mol. The molecule has 1 rings (SSSR count). The molecule has 0 radical (unpaired) electrons. The summed E-state index contributed by atoms with van der Waals surface area (Å²) in [6.07, 6.45) is 0. The summed E-state index contributed by atoms with van der Waals surface area (Å²) in [4.78, 5) is 0.659. The van der Waals surface area contributed by atoms with Gasteiger partial charge in [-0.15, -0.1) is 0 Å². The zero-order valence-corrected chi connectivity index (χ0v) is 13.8. The van der Waals surface area contributed by atoms with Crippen LogP contribution in [-0.4, -0.2) is 57.0 Å². The fraction of sp³-hybridized carbons (Fsp3) is 0.600. The van der Waals surface area contributed by atoms with E-state index in [1.807, 2.05) is 19.1 Å². The first kappa shape index (κ1) is 19.2. The first-order chi connectivity index (χ1) is 10.7. The average Bonchev–Trinajstić information content (AvgIpc) is 2.53. The van der Waals surface area contributed by atoms with Gasteiger partial charge in [0.2, 0.25) is 0 Å². The van der Waals surface area contributed by atoms with Crippen LogP contribution in [0.25, 0.3) is 0 Å². The first-order valence-electron chi connectivity index (χ1n) is 7.29. The second-order valence-corrected chi connectivity index (χ2v) is 5.67. The van der Waals surface area contributed by atoms with Crippen LogP contribution < -0.4 is 5.73 Å². The molecule has 1 aromatic carbocycles. The molecule has 1 aromatic rings. The van der Waals surface area contributed by atoms with Gasteiger partial charge >= 0.3 is 0 Å². The number of benzene rings is 1. The third kappa shape index (κ3) is 9.24. The second-order valence-electron chi connectivity index (χ2n) is 4.50. The van der Waals surface area contributed by atoms with Crippen LogP contribution in [0.1, 0.15) is 5.56 Å². The van der Waals surface area contributed by atoms with Gasteiger partial charge in [0, 0.05) is 6.54 Å². The maximum Gasteiger partial charge on any atom is 0.189 e. The molecule has 7 heteroatoms. The summed E-state index contributed by atoms with van der Waals surface area (Å²) in [6, 6.07) is 7.41. The molecule has 0 heterocycles. The molecule has 0 spiro atoms. The summed E-state index contributed by atoms with van der Waals surface area (Å²) < 4.78 is 32.8. The molecular formula is C15H25NO5S. The van der Waals surface area contributed by atoms with E-state index in [4.69, 9.17) is 24.1 Å². The largest absolute Gasteiger partial charge is 0.378 e. The van der Waals surface area contributed by atoms with Crippen LogP contribution in [0.2, 0.25) is 0 Å². The summed E-state index contributed by atoms with van der Waals surface area (Å²) in [5.74, 6) is 0. The van der Waals surface area contributed by atoms with Crippen molar-refractivity contribution in [3.8, 4) is 0 Å². The Hall–Kier alpha value is -0.830. The van der Waals surface area contributed by atoms with E-state index in [0.717, 1.165) is 5.56 Å². The predicted octanol–water partition coefficient (Wildman–Crippen LogP) is 1.04. The summed E-state index contributed by atoms with van der Waals surface area (Å²) in [5.41, 5.74) is 6.41. The van der Waals surface area contributed by atoms with E-state index in [-0.39, 0.29) is 6.61 Å². The lowest BCUT2D eigenvalue weighted by molar-refractivity contribution is 0.0113. The molecule has 22 heavy (non-hydrogen) atoms. The molecule has 1 unspecified atom stereocenters. The van der Waals surface area contributed by atoms with Crippen molar-refractivity contribution in [2.75, 3.05) is 52.8 Å². The Morgan fingerprint density at radius 3 is 1.91 bits per heavy atom. The number of ether oxygens (including phenoxy) is 3. The number of hydrogen-bond acceptors (Lipinski definition) is 6. The highest BCUT2D eigenvalue weighted by molar-refractivity contribution is 7.80. The molecule has 0 saturated heterocycles. The Labute approximate surface area is 134 Å². The number of hydrogen-bond donors (Lipinski definition) is 1. The fourth-order valence-electron chi connectivity index (χ4n) is 1.51. The first-order valence-corrected chi connectivity index (χ1v) is 8.36. The van der Waals surface area contributed by atoms with Crippen LogP contribution in [0, 0.1) is 6.92 Å². The van der Waals surface area contributed by atoms with Crippen molar-refractivity contribution in [2.24, 2.45) is 5.73 Å². The van der Waals surface area contributed by atoms with Gasteiger partial charge in [-0.3, -0.25) is 4.18 Å². The summed E-state index contributed by atoms with van der Waals surface area (Å²) in [6.45, 7) is 5.73. The fourth-order valence-corrected chi connectivity index (χ4v) is 2.23. The van der Waals surface area contributed by atoms with Crippen molar-refractivity contribution in [3.05, 3.63) is 29.8 Å². The normalized spacial score (nSPS) is 12.5. The number of rotatable bonds is 13. The highest BCUT2D eigenvalue weighted by Gasteiger charge is 2.03. The van der Waals surface area contributed by atoms with Crippen LogP contribution in [0.15, 0.2) is 29.2 Å². The van der Waals surface area contributed by atoms with E-state index in [2.05, 4.69) is 0 Å². The lowest BCUT2D eigenvalue weighted by Gasteiger charge is -2.07. The third-order valence-electron chi connectivity index (χ3n) is 2.64. The molecule has 6 nitrogen and oxygen atoms in total. The molecule has 126 valence electrons. The maximum atomic E-state index is 11.8. The minimum Gasteiger partial charge on any atom is -0.378 e. The molecule has 0 bridgehead atoms. The van der Waals surface area contributed by atoms with Gasteiger partial charge in [-0.2, -0.15) is 0 Å². The molecule has 2 N–H and O–H groups in total. The van der Waals surface area contributed by atoms with Crippen LogP contribution in [-0.2, 0) is 29.5 Å². The highest BCUT2D eigenvalue weighted by atomic mass is 32.2. The van der Waals surface area contributed by atoms with E-state index in [0.29, 0.717) is 51.1 Å². The van der Waals surface area contributed by atoms with Gasteiger partial charge in [0.05, 0.1) is 51.1 Å². The van der Waals surface area contributed by atoms with Gasteiger partial charge in [-0.05, 0) is 19.1 Å². The van der Waals surface area contributed by atoms with Crippen molar-refractivity contribution in [3.63, 3.8) is 0 Å². The standard InChI is InChI=1S/C15H25NO5S/c1-14-2-4-15(5-3-14)22(17)21-13-12-20-11-10-19-9-8-18-7-6-16/h2-5H,6-13,16H2,1H3. The van der Waals surface area contributed by atoms with Crippen LogP contribution in [0.3, 0.4) is 0 Å². The van der Waals surface area contributed by atoms with E-state index >= 15 is 0 Å². The van der Waals surface area contributed by atoms with Crippen LogP contribution >= 0.6 is 0 Å². The summed E-state index contributed by atoms with van der Waals surface area (Å²) in [7, 11) is 0. The topological polar surface area (TPSA) is 80.0 Å². The smallest absolute Gasteiger partial charge is 0.189 e. The molecule has 0 aliphatic carbocycles. The van der Waals surface area contributed by atoms with Gasteiger partial charge in [0.25, 0.3) is 0 Å². The minimum absolute atomic E-state index is 0.278. The van der Waals surface area contributed by atoms with Crippen molar-refractivity contribution in [1.82, 2.24) is 0 Å². The number of nitrogens with two attached hydrogens (primary N) is 1. The molecule has 0 aliphatic heterocycles. The summed E-state index contributed by atoms with van der Waals surface area (Å²) in [5, 5.41) is 0. The third-order valence-corrected chi connectivity index (χ3v) is 3.68. The molecule has 0 aliphatic rings. The van der Waals surface area contributed by atoms with Gasteiger partial charge in [-0.25, -0.2) is 4.21 Å². The van der Waals surface area contributed by atoms with Gasteiger partial charge < -0.3 is 19.9 Å². The minimum atomic E-state index is -1.44. The van der Waals surface area contributed by atoms with Crippen molar-refractivity contribution in [2.45, 2.75) is 11.8 Å². The average molecular weight is 331 g/mol. The van der Waals surface area contributed by atoms with E-state index in [1.54, 1.807) is 12.1 Å². The van der Waals surface area contributed by atoms with Crippen molar-refractivity contribution >= 4 is 11.1 Å². The Bertz CT molecular complexity index is 413. The lowest BCUT2D eigenvalue weighted by atomic mass is 10.2. The quantitative estimate of drug-likeness (QED) is 0.544. The Morgan fingerprint density at radius 2 is 1.36 bits per heavy atom. The maximum absolute atomic E-state index is 11.8.